The van der Waals surface area contributed by atoms with Crippen LogP contribution in [0, 0.1) is 12.8 Å². The number of nitrogens with one attached hydrogen (secondary N) is 1. The standard InChI is InChI=1S/C15H24BrN3/c1-4-11-6-8-12(9-7-11)14-18-10(3)13(16)15(19-14)17-5-2/h11-12H,4-9H2,1-3H3,(H,17,18,19). The third-order valence-electron chi connectivity index (χ3n) is 4.17. The molecule has 1 saturated carbocycles. The summed E-state index contributed by atoms with van der Waals surface area (Å²) in [5.74, 6) is 3.45. The minimum absolute atomic E-state index is 0.548. The van der Waals surface area contributed by atoms with Gasteiger partial charge in [-0.3, -0.25) is 0 Å². The first kappa shape index (κ1) is 14.8. The highest BCUT2D eigenvalue weighted by Crippen LogP contribution is 2.36. The maximum Gasteiger partial charge on any atom is 0.144 e. The van der Waals surface area contributed by atoms with Crippen molar-refractivity contribution < 1.29 is 0 Å². The van der Waals surface area contributed by atoms with Crippen LogP contribution in [0.25, 0.3) is 0 Å². The first-order chi connectivity index (χ1) is 9.15. The van der Waals surface area contributed by atoms with Crippen LogP contribution in [0.3, 0.4) is 0 Å². The van der Waals surface area contributed by atoms with E-state index in [2.05, 4.69) is 35.1 Å². The first-order valence-electron chi connectivity index (χ1n) is 7.43. The largest absolute Gasteiger partial charge is 0.369 e. The van der Waals surface area contributed by atoms with Gasteiger partial charge in [-0.1, -0.05) is 13.3 Å². The zero-order chi connectivity index (χ0) is 13.8. The molecule has 1 heterocycles. The molecule has 4 heteroatoms. The highest BCUT2D eigenvalue weighted by atomic mass is 79.9. The summed E-state index contributed by atoms with van der Waals surface area (Å²) in [6, 6.07) is 0. The average Bonchev–Trinajstić information content (AvgIpc) is 2.44. The molecule has 1 aromatic heterocycles. The van der Waals surface area contributed by atoms with Gasteiger partial charge < -0.3 is 5.32 Å². The molecule has 3 nitrogen and oxygen atoms in total. The van der Waals surface area contributed by atoms with Gasteiger partial charge in [0.1, 0.15) is 11.6 Å². The molecule has 0 atom stereocenters. The van der Waals surface area contributed by atoms with Crippen molar-refractivity contribution in [2.24, 2.45) is 5.92 Å². The molecule has 1 aliphatic rings. The predicted octanol–water partition coefficient (Wildman–Crippen LogP) is 4.66. The second-order valence-electron chi connectivity index (χ2n) is 5.49. The summed E-state index contributed by atoms with van der Waals surface area (Å²) in [6.07, 6.45) is 6.46. The second kappa shape index (κ2) is 6.69. The van der Waals surface area contributed by atoms with Gasteiger partial charge in [-0.2, -0.15) is 0 Å². The molecule has 0 saturated heterocycles. The van der Waals surface area contributed by atoms with E-state index in [0.29, 0.717) is 5.92 Å². The molecule has 1 N–H and O–H groups in total. The minimum Gasteiger partial charge on any atom is -0.369 e. The fourth-order valence-electron chi connectivity index (χ4n) is 2.88. The van der Waals surface area contributed by atoms with Gasteiger partial charge in [-0.15, -0.1) is 0 Å². The Hall–Kier alpha value is -0.640. The Balaban J connectivity index is 2.16. The smallest absolute Gasteiger partial charge is 0.144 e. The van der Waals surface area contributed by atoms with Crippen molar-refractivity contribution >= 4 is 21.7 Å². The van der Waals surface area contributed by atoms with Crippen molar-refractivity contribution in [3.05, 3.63) is 16.0 Å². The summed E-state index contributed by atoms with van der Waals surface area (Å²) < 4.78 is 1.00. The molecule has 0 aromatic carbocycles. The van der Waals surface area contributed by atoms with E-state index in [1.165, 1.54) is 32.1 Å². The Morgan fingerprint density at radius 3 is 2.42 bits per heavy atom. The Morgan fingerprint density at radius 1 is 1.16 bits per heavy atom. The van der Waals surface area contributed by atoms with Crippen LogP contribution >= 0.6 is 15.9 Å². The molecule has 0 spiro atoms. The topological polar surface area (TPSA) is 37.8 Å². The highest BCUT2D eigenvalue weighted by Gasteiger charge is 2.24. The van der Waals surface area contributed by atoms with E-state index in [9.17, 15) is 0 Å². The van der Waals surface area contributed by atoms with E-state index in [1.54, 1.807) is 0 Å². The van der Waals surface area contributed by atoms with E-state index >= 15 is 0 Å². The third kappa shape index (κ3) is 3.47. The molecule has 1 aromatic rings. The number of hydrogen-bond acceptors (Lipinski definition) is 3. The van der Waals surface area contributed by atoms with Crippen LogP contribution in [0.5, 0.6) is 0 Å². The second-order valence-corrected chi connectivity index (χ2v) is 6.28. The summed E-state index contributed by atoms with van der Waals surface area (Å²) in [6.45, 7) is 7.33. The number of aryl methyl sites for hydroxylation is 1. The monoisotopic (exact) mass is 325 g/mol. The molecule has 1 aliphatic carbocycles. The molecular formula is C15H24BrN3. The van der Waals surface area contributed by atoms with Crippen LogP contribution < -0.4 is 5.32 Å². The Kier molecular flexibility index (Phi) is 5.20. The summed E-state index contributed by atoms with van der Waals surface area (Å²) in [5.41, 5.74) is 1.04. The lowest BCUT2D eigenvalue weighted by Gasteiger charge is -2.27. The fraction of sp³-hybridized carbons (Fsp3) is 0.733. The lowest BCUT2D eigenvalue weighted by Crippen LogP contribution is -2.16. The average molecular weight is 326 g/mol. The zero-order valence-electron chi connectivity index (χ0n) is 12.2. The van der Waals surface area contributed by atoms with Crippen LogP contribution in [0.2, 0.25) is 0 Å². The summed E-state index contributed by atoms with van der Waals surface area (Å²) in [5, 5.41) is 3.32. The highest BCUT2D eigenvalue weighted by molar-refractivity contribution is 9.10. The minimum atomic E-state index is 0.548. The lowest BCUT2D eigenvalue weighted by atomic mass is 9.80. The van der Waals surface area contributed by atoms with Gasteiger partial charge in [-0.05, 0) is 61.4 Å². The van der Waals surface area contributed by atoms with Crippen molar-refractivity contribution in [1.29, 1.82) is 0 Å². The van der Waals surface area contributed by atoms with Gasteiger partial charge in [-0.25, -0.2) is 9.97 Å². The summed E-state index contributed by atoms with van der Waals surface area (Å²) >= 11 is 3.57. The van der Waals surface area contributed by atoms with E-state index in [0.717, 1.165) is 34.3 Å². The van der Waals surface area contributed by atoms with Crippen LogP contribution in [0.15, 0.2) is 4.47 Å². The van der Waals surface area contributed by atoms with Crippen LogP contribution in [0.1, 0.15) is 63.4 Å². The Bertz CT molecular complexity index is 426. The number of aromatic nitrogens is 2. The quantitative estimate of drug-likeness (QED) is 0.874. The van der Waals surface area contributed by atoms with Gasteiger partial charge in [0.05, 0.1) is 10.2 Å². The van der Waals surface area contributed by atoms with E-state index in [1.807, 2.05) is 6.92 Å². The zero-order valence-corrected chi connectivity index (χ0v) is 13.8. The van der Waals surface area contributed by atoms with Crippen molar-refractivity contribution in [2.45, 2.75) is 58.8 Å². The predicted molar refractivity (Wildman–Crippen MR) is 83.6 cm³/mol. The number of nitrogens with zero attached hydrogens (tertiary/aromatic N) is 2. The number of halogens is 1. The molecule has 0 radical (unpaired) electrons. The van der Waals surface area contributed by atoms with Crippen molar-refractivity contribution in [1.82, 2.24) is 9.97 Å². The van der Waals surface area contributed by atoms with E-state index < -0.39 is 0 Å². The van der Waals surface area contributed by atoms with Crippen LogP contribution in [-0.2, 0) is 0 Å². The first-order valence-corrected chi connectivity index (χ1v) is 8.22. The van der Waals surface area contributed by atoms with E-state index in [-0.39, 0.29) is 0 Å². The Labute approximate surface area is 124 Å². The molecule has 0 unspecified atom stereocenters. The molecule has 2 rings (SSSR count). The lowest BCUT2D eigenvalue weighted by molar-refractivity contribution is 0.312. The SMILES string of the molecule is CCNc1nc(C2CCC(CC)CC2)nc(C)c1Br. The maximum absolute atomic E-state index is 4.73. The molecule has 0 amide bonds. The van der Waals surface area contributed by atoms with Crippen LogP contribution in [-0.4, -0.2) is 16.5 Å². The van der Waals surface area contributed by atoms with Gasteiger partial charge in [0.25, 0.3) is 0 Å². The molecule has 0 aliphatic heterocycles. The van der Waals surface area contributed by atoms with Gasteiger partial charge in [0, 0.05) is 12.5 Å². The summed E-state index contributed by atoms with van der Waals surface area (Å²) in [7, 11) is 0. The van der Waals surface area contributed by atoms with Gasteiger partial charge in [0.15, 0.2) is 0 Å². The molecule has 1 fully saturated rings. The van der Waals surface area contributed by atoms with E-state index in [4.69, 9.17) is 9.97 Å². The molecule has 19 heavy (non-hydrogen) atoms. The van der Waals surface area contributed by atoms with Crippen molar-refractivity contribution in [2.75, 3.05) is 11.9 Å². The maximum atomic E-state index is 4.73. The molecule has 106 valence electrons. The summed E-state index contributed by atoms with van der Waals surface area (Å²) in [4.78, 5) is 9.42. The number of anilines is 1. The number of rotatable bonds is 4. The normalized spacial score (nSPS) is 23.4. The molecule has 0 bridgehead atoms. The van der Waals surface area contributed by atoms with Gasteiger partial charge >= 0.3 is 0 Å². The fourth-order valence-corrected chi connectivity index (χ4v) is 3.19. The Morgan fingerprint density at radius 2 is 1.84 bits per heavy atom. The van der Waals surface area contributed by atoms with Crippen molar-refractivity contribution in [3.63, 3.8) is 0 Å². The van der Waals surface area contributed by atoms with Gasteiger partial charge in [0.2, 0.25) is 0 Å². The molecular weight excluding hydrogens is 302 g/mol. The van der Waals surface area contributed by atoms with Crippen molar-refractivity contribution in [3.8, 4) is 0 Å². The number of hydrogen-bond donors (Lipinski definition) is 1. The van der Waals surface area contributed by atoms with Crippen LogP contribution in [0.4, 0.5) is 5.82 Å². The third-order valence-corrected chi connectivity index (χ3v) is 5.12.